The van der Waals surface area contributed by atoms with Gasteiger partial charge in [-0.05, 0) is 48.9 Å². The molecule has 2 aromatic carbocycles. The first-order chi connectivity index (χ1) is 10.2. The summed E-state index contributed by atoms with van der Waals surface area (Å²) in [7, 11) is -3.62. The molecule has 0 radical (unpaired) electrons. The average Bonchev–Trinajstić information content (AvgIpc) is 2.42. The van der Waals surface area contributed by atoms with Crippen LogP contribution in [0.5, 0.6) is 11.5 Å². The Morgan fingerprint density at radius 3 is 2.36 bits per heavy atom. The predicted molar refractivity (Wildman–Crippen MR) is 80.0 cm³/mol. The van der Waals surface area contributed by atoms with E-state index in [9.17, 15) is 17.6 Å². The number of aryl methyl sites for hydroxylation is 1. The smallest absolute Gasteiger partial charge is 0.264 e. The van der Waals surface area contributed by atoms with Gasteiger partial charge in [-0.2, -0.15) is 0 Å². The van der Waals surface area contributed by atoms with Gasteiger partial charge in [-0.1, -0.05) is 6.07 Å². The predicted octanol–water partition coefficient (Wildman–Crippen LogP) is 2.62. The maximum Gasteiger partial charge on any atom is 0.264 e. The summed E-state index contributed by atoms with van der Waals surface area (Å²) < 4.78 is 42.8. The molecule has 0 aromatic heterocycles. The highest BCUT2D eigenvalue weighted by Gasteiger charge is 2.11. The highest BCUT2D eigenvalue weighted by Crippen LogP contribution is 2.25. The van der Waals surface area contributed by atoms with Gasteiger partial charge in [0.25, 0.3) is 5.91 Å². The van der Waals surface area contributed by atoms with Crippen molar-refractivity contribution in [1.82, 2.24) is 4.72 Å². The third-order valence-electron chi connectivity index (χ3n) is 2.71. The van der Waals surface area contributed by atoms with Crippen LogP contribution in [-0.4, -0.2) is 20.6 Å². The number of sulfonamides is 1. The number of hydrogen-bond acceptors (Lipinski definition) is 4. The molecule has 2 rings (SSSR count). The van der Waals surface area contributed by atoms with Gasteiger partial charge in [0, 0.05) is 5.56 Å². The third-order valence-corrected chi connectivity index (χ3v) is 3.27. The maximum atomic E-state index is 13.6. The lowest BCUT2D eigenvalue weighted by Crippen LogP contribution is -2.29. The van der Waals surface area contributed by atoms with Crippen molar-refractivity contribution in [2.24, 2.45) is 0 Å². The van der Waals surface area contributed by atoms with Crippen molar-refractivity contribution < 1.29 is 22.3 Å². The van der Waals surface area contributed by atoms with E-state index in [4.69, 9.17) is 4.74 Å². The van der Waals surface area contributed by atoms with E-state index in [0.29, 0.717) is 5.75 Å². The molecule has 0 heterocycles. The number of hydrogen-bond donors (Lipinski definition) is 1. The summed E-state index contributed by atoms with van der Waals surface area (Å²) in [6.45, 7) is 1.81. The molecular weight excluding hydrogens is 309 g/mol. The quantitative estimate of drug-likeness (QED) is 0.939. The van der Waals surface area contributed by atoms with Crippen molar-refractivity contribution in [2.45, 2.75) is 6.92 Å². The van der Waals surface area contributed by atoms with Gasteiger partial charge < -0.3 is 4.74 Å². The second kappa shape index (κ2) is 6.15. The van der Waals surface area contributed by atoms with Crippen molar-refractivity contribution in [3.8, 4) is 11.5 Å². The molecule has 2 aromatic rings. The fourth-order valence-corrected chi connectivity index (χ4v) is 2.17. The van der Waals surface area contributed by atoms with Crippen LogP contribution >= 0.6 is 0 Å². The first-order valence-corrected chi connectivity index (χ1v) is 8.20. The summed E-state index contributed by atoms with van der Waals surface area (Å²) in [5.74, 6) is -0.825. The lowest BCUT2D eigenvalue weighted by atomic mass is 10.2. The lowest BCUT2D eigenvalue weighted by Gasteiger charge is -2.08. The van der Waals surface area contributed by atoms with Gasteiger partial charge in [-0.25, -0.2) is 17.5 Å². The minimum atomic E-state index is -3.62. The Morgan fingerprint density at radius 2 is 1.77 bits per heavy atom. The number of benzene rings is 2. The lowest BCUT2D eigenvalue weighted by molar-refractivity contribution is 0.0981. The fourth-order valence-electron chi connectivity index (χ4n) is 1.72. The third kappa shape index (κ3) is 4.29. The molecule has 0 atom stereocenters. The van der Waals surface area contributed by atoms with Crippen LogP contribution in [0.1, 0.15) is 15.9 Å². The van der Waals surface area contributed by atoms with Crippen LogP contribution in [0.2, 0.25) is 0 Å². The van der Waals surface area contributed by atoms with Crippen LogP contribution in [0.3, 0.4) is 0 Å². The van der Waals surface area contributed by atoms with E-state index in [1.807, 2.05) is 11.6 Å². The molecule has 0 saturated heterocycles. The van der Waals surface area contributed by atoms with E-state index in [0.717, 1.165) is 11.8 Å². The monoisotopic (exact) mass is 323 g/mol. The Labute approximate surface area is 127 Å². The molecule has 0 fully saturated rings. The molecule has 0 saturated carbocycles. The summed E-state index contributed by atoms with van der Waals surface area (Å²) in [6, 6.07) is 10.2. The van der Waals surface area contributed by atoms with E-state index in [-0.39, 0.29) is 11.3 Å². The molecule has 0 aliphatic rings. The van der Waals surface area contributed by atoms with Crippen LogP contribution < -0.4 is 9.46 Å². The van der Waals surface area contributed by atoms with Crippen LogP contribution in [0.15, 0.2) is 42.5 Å². The molecule has 22 heavy (non-hydrogen) atoms. The molecule has 116 valence electrons. The average molecular weight is 323 g/mol. The molecule has 0 unspecified atom stereocenters. The zero-order chi connectivity index (χ0) is 16.3. The summed E-state index contributed by atoms with van der Waals surface area (Å²) in [6.07, 6.45) is 0.892. The Balaban J connectivity index is 2.15. The summed E-state index contributed by atoms with van der Waals surface area (Å²) in [5, 5.41) is 0. The van der Waals surface area contributed by atoms with E-state index in [1.165, 1.54) is 30.3 Å². The fraction of sp³-hybridized carbons (Fsp3) is 0.133. The second-order valence-electron chi connectivity index (χ2n) is 4.76. The van der Waals surface area contributed by atoms with Gasteiger partial charge in [0.2, 0.25) is 10.0 Å². The minimum Gasteiger partial charge on any atom is -0.454 e. The molecule has 0 bridgehead atoms. The highest BCUT2D eigenvalue weighted by atomic mass is 32.2. The topological polar surface area (TPSA) is 72.5 Å². The second-order valence-corrected chi connectivity index (χ2v) is 6.51. The van der Waals surface area contributed by atoms with Gasteiger partial charge in [0.15, 0.2) is 11.6 Å². The normalized spacial score (nSPS) is 11.0. The Hall–Kier alpha value is -2.41. The van der Waals surface area contributed by atoms with E-state index in [1.54, 1.807) is 12.1 Å². The first kappa shape index (κ1) is 16.0. The van der Waals surface area contributed by atoms with Gasteiger partial charge in [0.05, 0.1) is 6.26 Å². The van der Waals surface area contributed by atoms with Gasteiger partial charge >= 0.3 is 0 Å². The summed E-state index contributed by atoms with van der Waals surface area (Å²) >= 11 is 0. The van der Waals surface area contributed by atoms with Crippen molar-refractivity contribution in [2.75, 3.05) is 6.26 Å². The summed E-state index contributed by atoms with van der Waals surface area (Å²) in [5.41, 5.74) is 1.00. The minimum absolute atomic E-state index is 0.0772. The number of carbonyl (C=O) groups excluding carboxylic acids is 1. The summed E-state index contributed by atoms with van der Waals surface area (Å²) in [4.78, 5) is 11.6. The molecule has 1 amide bonds. The van der Waals surface area contributed by atoms with E-state index < -0.39 is 21.7 Å². The largest absolute Gasteiger partial charge is 0.454 e. The number of nitrogens with one attached hydrogen (secondary N) is 1. The highest BCUT2D eigenvalue weighted by molar-refractivity contribution is 7.89. The molecule has 1 N–H and O–H groups in total. The zero-order valence-electron chi connectivity index (χ0n) is 12.0. The van der Waals surface area contributed by atoms with Crippen LogP contribution in [0, 0.1) is 12.7 Å². The number of carbonyl (C=O) groups is 1. The molecule has 0 spiro atoms. The van der Waals surface area contributed by atoms with Crippen LogP contribution in [0.25, 0.3) is 0 Å². The SMILES string of the molecule is Cc1ccc(F)c(Oc2ccc(C(=O)NS(C)(=O)=O)cc2)c1. The number of rotatable bonds is 4. The number of amides is 1. The van der Waals surface area contributed by atoms with Gasteiger partial charge in [-0.15, -0.1) is 0 Å². The zero-order valence-corrected chi connectivity index (χ0v) is 12.8. The van der Waals surface area contributed by atoms with Crippen LogP contribution in [0.4, 0.5) is 4.39 Å². The van der Waals surface area contributed by atoms with Gasteiger partial charge in [-0.3, -0.25) is 4.79 Å². The van der Waals surface area contributed by atoms with Crippen molar-refractivity contribution in [1.29, 1.82) is 0 Å². The Morgan fingerprint density at radius 1 is 1.14 bits per heavy atom. The van der Waals surface area contributed by atoms with Crippen molar-refractivity contribution in [3.63, 3.8) is 0 Å². The molecule has 0 aliphatic carbocycles. The standard InChI is InChI=1S/C15H14FNO4S/c1-10-3-8-13(16)14(9-10)21-12-6-4-11(5-7-12)15(18)17-22(2,19)20/h3-9H,1-2H3,(H,17,18). The maximum absolute atomic E-state index is 13.6. The molecule has 5 nitrogen and oxygen atoms in total. The Bertz CT molecular complexity index is 801. The Kier molecular flexibility index (Phi) is 4.46. The van der Waals surface area contributed by atoms with E-state index in [2.05, 4.69) is 0 Å². The van der Waals surface area contributed by atoms with Crippen molar-refractivity contribution in [3.05, 3.63) is 59.4 Å². The first-order valence-electron chi connectivity index (χ1n) is 6.31. The van der Waals surface area contributed by atoms with Crippen LogP contribution in [-0.2, 0) is 10.0 Å². The molecule has 0 aliphatic heterocycles. The van der Waals surface area contributed by atoms with Gasteiger partial charge in [0.1, 0.15) is 5.75 Å². The molecule has 7 heteroatoms. The number of halogens is 1. The van der Waals surface area contributed by atoms with E-state index >= 15 is 0 Å². The number of ether oxygens (including phenoxy) is 1. The molecular formula is C15H14FNO4S. The van der Waals surface area contributed by atoms with Crippen molar-refractivity contribution >= 4 is 15.9 Å².